The van der Waals surface area contributed by atoms with Gasteiger partial charge in [0, 0.05) is 0 Å². The van der Waals surface area contributed by atoms with E-state index in [0.29, 0.717) is 6.17 Å². The van der Waals surface area contributed by atoms with Gasteiger partial charge in [-0.15, -0.1) is 0 Å². The standard InChI is InChI=1S/C13H12N2/c1-2-4-10(5-3-1)11-6-8-12(9-7-11)13-14-15-13/h1-9,13-15H. The molecule has 0 unspecified atom stereocenters. The minimum Gasteiger partial charge on any atom is -0.234 e. The van der Waals surface area contributed by atoms with Gasteiger partial charge in [0.2, 0.25) is 0 Å². The maximum atomic E-state index is 3.06. The van der Waals surface area contributed by atoms with Crippen LogP contribution in [0.25, 0.3) is 11.1 Å². The zero-order chi connectivity index (χ0) is 10.1. The third-order valence-corrected chi connectivity index (χ3v) is 2.64. The van der Waals surface area contributed by atoms with Gasteiger partial charge in [-0.05, 0) is 16.7 Å². The van der Waals surface area contributed by atoms with Crippen LogP contribution in [0.5, 0.6) is 0 Å². The first-order valence-electron chi connectivity index (χ1n) is 5.10. The minimum absolute atomic E-state index is 0.356. The summed E-state index contributed by atoms with van der Waals surface area (Å²) in [6, 6.07) is 19.0. The smallest absolute Gasteiger partial charge is 0.109 e. The van der Waals surface area contributed by atoms with Crippen molar-refractivity contribution in [1.82, 2.24) is 10.9 Å². The van der Waals surface area contributed by atoms with Crippen molar-refractivity contribution in [1.29, 1.82) is 0 Å². The topological polar surface area (TPSA) is 43.9 Å². The van der Waals surface area contributed by atoms with Gasteiger partial charge in [0.1, 0.15) is 6.17 Å². The van der Waals surface area contributed by atoms with Gasteiger partial charge in [0.05, 0.1) is 0 Å². The molecule has 2 aromatic carbocycles. The van der Waals surface area contributed by atoms with E-state index in [2.05, 4.69) is 59.4 Å². The summed E-state index contributed by atoms with van der Waals surface area (Å²) in [6.07, 6.45) is 0.356. The molecule has 2 aromatic rings. The molecular weight excluding hydrogens is 184 g/mol. The molecule has 15 heavy (non-hydrogen) atoms. The van der Waals surface area contributed by atoms with Crippen LogP contribution in [0.1, 0.15) is 11.7 Å². The molecule has 0 bridgehead atoms. The van der Waals surface area contributed by atoms with Crippen molar-refractivity contribution in [2.45, 2.75) is 6.17 Å². The molecule has 1 aliphatic rings. The van der Waals surface area contributed by atoms with Crippen molar-refractivity contribution in [3.05, 3.63) is 60.2 Å². The summed E-state index contributed by atoms with van der Waals surface area (Å²) in [6.45, 7) is 0. The van der Waals surface area contributed by atoms with E-state index < -0.39 is 0 Å². The van der Waals surface area contributed by atoms with Crippen molar-refractivity contribution in [2.75, 3.05) is 0 Å². The molecule has 74 valence electrons. The molecule has 0 atom stereocenters. The third kappa shape index (κ3) is 1.77. The van der Waals surface area contributed by atoms with E-state index >= 15 is 0 Å². The van der Waals surface area contributed by atoms with E-state index in [-0.39, 0.29) is 0 Å². The largest absolute Gasteiger partial charge is 0.234 e. The molecule has 1 heterocycles. The first-order valence-corrected chi connectivity index (χ1v) is 5.10. The van der Waals surface area contributed by atoms with Crippen LogP contribution in [-0.4, -0.2) is 0 Å². The summed E-state index contributed by atoms with van der Waals surface area (Å²) >= 11 is 0. The minimum atomic E-state index is 0.356. The quantitative estimate of drug-likeness (QED) is 0.724. The highest BCUT2D eigenvalue weighted by molar-refractivity contribution is 5.63. The Hall–Kier alpha value is -1.64. The Balaban J connectivity index is 1.93. The third-order valence-electron chi connectivity index (χ3n) is 2.64. The average molecular weight is 196 g/mol. The molecule has 1 aliphatic heterocycles. The molecule has 0 spiro atoms. The predicted molar refractivity (Wildman–Crippen MR) is 60.9 cm³/mol. The van der Waals surface area contributed by atoms with Crippen molar-refractivity contribution in [2.24, 2.45) is 0 Å². The van der Waals surface area contributed by atoms with Gasteiger partial charge in [-0.3, -0.25) is 0 Å². The van der Waals surface area contributed by atoms with Crippen LogP contribution >= 0.6 is 0 Å². The summed E-state index contributed by atoms with van der Waals surface area (Å²) in [7, 11) is 0. The number of hydrogen-bond donors (Lipinski definition) is 2. The molecule has 0 saturated carbocycles. The fraction of sp³-hybridized carbons (Fsp3) is 0.0769. The summed E-state index contributed by atoms with van der Waals surface area (Å²) in [5, 5.41) is 0. The second-order valence-electron chi connectivity index (χ2n) is 3.71. The van der Waals surface area contributed by atoms with Crippen LogP contribution in [0.4, 0.5) is 0 Å². The Kier molecular flexibility index (Phi) is 2.02. The van der Waals surface area contributed by atoms with Crippen LogP contribution in [-0.2, 0) is 0 Å². The molecule has 0 aliphatic carbocycles. The summed E-state index contributed by atoms with van der Waals surface area (Å²) in [4.78, 5) is 0. The predicted octanol–water partition coefficient (Wildman–Crippen LogP) is 2.46. The van der Waals surface area contributed by atoms with Crippen LogP contribution in [0, 0.1) is 0 Å². The highest BCUT2D eigenvalue weighted by atomic mass is 15.6. The van der Waals surface area contributed by atoms with Gasteiger partial charge in [-0.1, -0.05) is 54.6 Å². The first-order chi connectivity index (χ1) is 7.43. The highest BCUT2D eigenvalue weighted by Crippen LogP contribution is 2.22. The second kappa shape index (κ2) is 3.50. The van der Waals surface area contributed by atoms with E-state index in [1.807, 2.05) is 6.07 Å². The molecule has 1 fully saturated rings. The number of nitrogens with one attached hydrogen (secondary N) is 2. The molecule has 0 amide bonds. The summed E-state index contributed by atoms with van der Waals surface area (Å²) in [5.41, 5.74) is 9.93. The molecule has 2 heteroatoms. The lowest BCUT2D eigenvalue weighted by Gasteiger charge is -2.02. The Morgan fingerprint density at radius 3 is 1.87 bits per heavy atom. The molecule has 2 nitrogen and oxygen atoms in total. The van der Waals surface area contributed by atoms with Crippen LogP contribution in [0.2, 0.25) is 0 Å². The molecule has 2 N–H and O–H groups in total. The zero-order valence-corrected chi connectivity index (χ0v) is 8.27. The van der Waals surface area contributed by atoms with E-state index in [4.69, 9.17) is 0 Å². The van der Waals surface area contributed by atoms with E-state index in [0.717, 1.165) is 0 Å². The Labute approximate surface area is 88.9 Å². The monoisotopic (exact) mass is 196 g/mol. The fourth-order valence-electron chi connectivity index (χ4n) is 1.71. The van der Waals surface area contributed by atoms with Crippen molar-refractivity contribution in [3.8, 4) is 11.1 Å². The maximum absolute atomic E-state index is 3.06. The molecular formula is C13H12N2. The normalized spacial score (nSPS) is 15.2. The van der Waals surface area contributed by atoms with Crippen molar-refractivity contribution >= 4 is 0 Å². The van der Waals surface area contributed by atoms with E-state index in [9.17, 15) is 0 Å². The van der Waals surface area contributed by atoms with Crippen LogP contribution < -0.4 is 10.9 Å². The average Bonchev–Trinajstić information content (AvgIpc) is 3.15. The highest BCUT2D eigenvalue weighted by Gasteiger charge is 2.20. The summed E-state index contributed by atoms with van der Waals surface area (Å²) < 4.78 is 0. The number of hydrogen-bond acceptors (Lipinski definition) is 2. The van der Waals surface area contributed by atoms with Gasteiger partial charge in [0.25, 0.3) is 0 Å². The lowest BCUT2D eigenvalue weighted by atomic mass is 10.0. The lowest BCUT2D eigenvalue weighted by Crippen LogP contribution is -1.84. The summed E-state index contributed by atoms with van der Waals surface area (Å²) in [5.74, 6) is 0. The second-order valence-corrected chi connectivity index (χ2v) is 3.71. The van der Waals surface area contributed by atoms with Crippen molar-refractivity contribution in [3.63, 3.8) is 0 Å². The van der Waals surface area contributed by atoms with Gasteiger partial charge < -0.3 is 0 Å². The fourth-order valence-corrected chi connectivity index (χ4v) is 1.71. The lowest BCUT2D eigenvalue weighted by molar-refractivity contribution is 1.06. The van der Waals surface area contributed by atoms with E-state index in [1.165, 1.54) is 16.7 Å². The first kappa shape index (κ1) is 8.65. The Morgan fingerprint density at radius 2 is 1.27 bits per heavy atom. The number of rotatable bonds is 2. The number of hydrazine groups is 1. The van der Waals surface area contributed by atoms with Gasteiger partial charge in [0.15, 0.2) is 0 Å². The molecule has 3 rings (SSSR count). The molecule has 0 radical (unpaired) electrons. The Bertz CT molecular complexity index is 444. The van der Waals surface area contributed by atoms with E-state index in [1.54, 1.807) is 0 Å². The van der Waals surface area contributed by atoms with Crippen LogP contribution in [0.3, 0.4) is 0 Å². The van der Waals surface area contributed by atoms with Gasteiger partial charge >= 0.3 is 0 Å². The van der Waals surface area contributed by atoms with Crippen molar-refractivity contribution < 1.29 is 0 Å². The van der Waals surface area contributed by atoms with Crippen LogP contribution in [0.15, 0.2) is 54.6 Å². The SMILES string of the molecule is c1ccc(-c2ccc(C3NN3)cc2)cc1. The number of benzene rings is 2. The molecule has 0 aromatic heterocycles. The molecule has 1 saturated heterocycles. The van der Waals surface area contributed by atoms with Gasteiger partial charge in [-0.25, -0.2) is 10.9 Å². The zero-order valence-electron chi connectivity index (χ0n) is 8.27. The maximum Gasteiger partial charge on any atom is 0.109 e. The van der Waals surface area contributed by atoms with Gasteiger partial charge in [-0.2, -0.15) is 0 Å². The Morgan fingerprint density at radius 1 is 0.667 bits per heavy atom.